The summed E-state index contributed by atoms with van der Waals surface area (Å²) in [5.41, 5.74) is 0.380. The van der Waals surface area contributed by atoms with Gasteiger partial charge >= 0.3 is 6.18 Å². The van der Waals surface area contributed by atoms with Crippen molar-refractivity contribution in [2.75, 3.05) is 7.11 Å². The molecule has 0 spiro atoms. The number of methoxy groups -OCH3 is 1. The first kappa shape index (κ1) is 15.1. The molecule has 1 aromatic rings. The third kappa shape index (κ3) is 3.23. The minimum atomic E-state index is -4.27. The molecule has 3 unspecified atom stereocenters. The van der Waals surface area contributed by atoms with Crippen molar-refractivity contribution in [3.63, 3.8) is 0 Å². The van der Waals surface area contributed by atoms with Gasteiger partial charge in [-0.3, -0.25) is 4.98 Å². The number of pyridine rings is 1. The average Bonchev–Trinajstić information content (AvgIpc) is 2.45. The smallest absolute Gasteiger partial charge is 0.392 e. The molecule has 1 aliphatic carbocycles. The van der Waals surface area contributed by atoms with E-state index in [1.807, 2.05) is 0 Å². The van der Waals surface area contributed by atoms with E-state index < -0.39 is 24.1 Å². The van der Waals surface area contributed by atoms with Crippen molar-refractivity contribution in [3.8, 4) is 5.75 Å². The van der Waals surface area contributed by atoms with Crippen molar-refractivity contribution in [2.24, 2.45) is 11.8 Å². The first-order valence-corrected chi connectivity index (χ1v) is 6.67. The normalized spacial score (nSPS) is 25.2. The number of alkyl halides is 3. The lowest BCUT2D eigenvalue weighted by Crippen LogP contribution is -2.36. The number of hydrogen-bond donors (Lipinski definition) is 1. The molecular weight excluding hydrogens is 271 g/mol. The Balaban J connectivity index is 2.22. The minimum absolute atomic E-state index is 0.0859. The fraction of sp³-hybridized carbons (Fsp3) is 0.643. The van der Waals surface area contributed by atoms with Crippen LogP contribution in [0.1, 0.15) is 37.4 Å². The molecule has 0 amide bonds. The SMILES string of the molecule is COc1cncc(C(O)C2CCCCC2C(F)(F)F)c1. The Morgan fingerprint density at radius 2 is 2.00 bits per heavy atom. The Bertz CT molecular complexity index is 450. The summed E-state index contributed by atoms with van der Waals surface area (Å²) in [6.07, 6.45) is -0.837. The number of hydrogen-bond acceptors (Lipinski definition) is 3. The van der Waals surface area contributed by atoms with Crippen LogP contribution in [-0.4, -0.2) is 23.4 Å². The molecule has 1 heterocycles. The maximum Gasteiger partial charge on any atom is 0.392 e. The largest absolute Gasteiger partial charge is 0.495 e. The standard InChI is InChI=1S/C14H18F3NO2/c1-20-10-6-9(7-18-8-10)13(19)11-4-2-3-5-12(11)14(15,16)17/h6-8,11-13,19H,2-5H2,1H3. The molecule has 6 heteroatoms. The molecule has 3 nitrogen and oxygen atoms in total. The van der Waals surface area contributed by atoms with E-state index in [0.29, 0.717) is 30.6 Å². The highest BCUT2D eigenvalue weighted by Crippen LogP contribution is 2.46. The van der Waals surface area contributed by atoms with Gasteiger partial charge in [0.05, 0.1) is 25.3 Å². The van der Waals surface area contributed by atoms with Crippen LogP contribution >= 0.6 is 0 Å². The van der Waals surface area contributed by atoms with Crippen LogP contribution in [0.3, 0.4) is 0 Å². The van der Waals surface area contributed by atoms with Crippen molar-refractivity contribution in [1.82, 2.24) is 4.98 Å². The molecule has 2 rings (SSSR count). The van der Waals surface area contributed by atoms with Crippen molar-refractivity contribution in [3.05, 3.63) is 24.0 Å². The zero-order valence-electron chi connectivity index (χ0n) is 11.2. The molecule has 1 saturated carbocycles. The predicted molar refractivity (Wildman–Crippen MR) is 67.3 cm³/mol. The molecular formula is C14H18F3NO2. The van der Waals surface area contributed by atoms with Crippen LogP contribution in [0.15, 0.2) is 18.5 Å². The van der Waals surface area contributed by atoms with Crippen molar-refractivity contribution < 1.29 is 23.0 Å². The van der Waals surface area contributed by atoms with Crippen LogP contribution in [0.2, 0.25) is 0 Å². The van der Waals surface area contributed by atoms with Crippen LogP contribution in [0.5, 0.6) is 5.75 Å². The summed E-state index contributed by atoms with van der Waals surface area (Å²) in [7, 11) is 1.45. The zero-order valence-corrected chi connectivity index (χ0v) is 11.2. The van der Waals surface area contributed by atoms with Crippen LogP contribution < -0.4 is 4.74 Å². The lowest BCUT2D eigenvalue weighted by atomic mass is 9.74. The molecule has 1 N–H and O–H groups in total. The van der Waals surface area contributed by atoms with Crippen LogP contribution in [-0.2, 0) is 0 Å². The summed E-state index contributed by atoms with van der Waals surface area (Å²) in [5, 5.41) is 10.3. The number of ether oxygens (including phenoxy) is 1. The monoisotopic (exact) mass is 289 g/mol. The second-order valence-electron chi connectivity index (χ2n) is 5.20. The van der Waals surface area contributed by atoms with Gasteiger partial charge in [-0.2, -0.15) is 13.2 Å². The topological polar surface area (TPSA) is 42.4 Å². The van der Waals surface area contributed by atoms with Gasteiger partial charge in [0.2, 0.25) is 0 Å². The Morgan fingerprint density at radius 1 is 1.30 bits per heavy atom. The molecule has 1 fully saturated rings. The molecule has 0 saturated heterocycles. The van der Waals surface area contributed by atoms with Gasteiger partial charge in [-0.15, -0.1) is 0 Å². The highest BCUT2D eigenvalue weighted by Gasteiger charge is 2.47. The number of aromatic nitrogens is 1. The molecule has 1 aliphatic rings. The van der Waals surface area contributed by atoms with E-state index >= 15 is 0 Å². The van der Waals surface area contributed by atoms with Crippen LogP contribution in [0, 0.1) is 11.8 Å². The van der Waals surface area contributed by atoms with Crippen molar-refractivity contribution in [1.29, 1.82) is 0 Å². The Hall–Kier alpha value is -1.30. The molecule has 0 aromatic carbocycles. The van der Waals surface area contributed by atoms with E-state index in [1.54, 1.807) is 6.07 Å². The number of halogens is 3. The summed E-state index contributed by atoms with van der Waals surface area (Å²) in [5.74, 6) is -1.82. The Morgan fingerprint density at radius 3 is 2.65 bits per heavy atom. The fourth-order valence-corrected chi connectivity index (χ4v) is 2.90. The number of aliphatic hydroxyl groups excluding tert-OH is 1. The number of nitrogens with zero attached hydrogens (tertiary/aromatic N) is 1. The third-order valence-corrected chi connectivity index (χ3v) is 3.96. The van der Waals surface area contributed by atoms with E-state index in [9.17, 15) is 18.3 Å². The fourth-order valence-electron chi connectivity index (χ4n) is 2.90. The summed E-state index contributed by atoms with van der Waals surface area (Å²) >= 11 is 0. The van der Waals surface area contributed by atoms with Crippen LogP contribution in [0.4, 0.5) is 13.2 Å². The van der Waals surface area contributed by atoms with Crippen LogP contribution in [0.25, 0.3) is 0 Å². The van der Waals surface area contributed by atoms with Crippen molar-refractivity contribution in [2.45, 2.75) is 38.0 Å². The zero-order chi connectivity index (χ0) is 14.8. The first-order chi connectivity index (χ1) is 9.43. The molecule has 0 bridgehead atoms. The second-order valence-corrected chi connectivity index (χ2v) is 5.20. The molecule has 0 radical (unpaired) electrons. The molecule has 1 aromatic heterocycles. The number of aliphatic hydroxyl groups is 1. The predicted octanol–water partition coefficient (Wildman–Crippen LogP) is 3.49. The van der Waals surface area contributed by atoms with E-state index in [4.69, 9.17) is 4.74 Å². The highest BCUT2D eigenvalue weighted by atomic mass is 19.4. The maximum atomic E-state index is 13.1. The quantitative estimate of drug-likeness (QED) is 0.926. The van der Waals surface area contributed by atoms with Gasteiger partial charge in [-0.25, -0.2) is 0 Å². The summed E-state index contributed by atoms with van der Waals surface area (Å²) in [6.45, 7) is 0. The van der Waals surface area contributed by atoms with Gasteiger partial charge in [-0.05, 0) is 18.9 Å². The summed E-state index contributed by atoms with van der Waals surface area (Å²) in [4.78, 5) is 3.89. The highest BCUT2D eigenvalue weighted by molar-refractivity contribution is 5.25. The van der Waals surface area contributed by atoms with Crippen molar-refractivity contribution >= 4 is 0 Å². The lowest BCUT2D eigenvalue weighted by Gasteiger charge is -2.36. The van der Waals surface area contributed by atoms with E-state index in [1.165, 1.54) is 19.5 Å². The van der Waals surface area contributed by atoms with Gasteiger partial charge < -0.3 is 9.84 Å². The average molecular weight is 289 g/mol. The third-order valence-electron chi connectivity index (χ3n) is 3.96. The summed E-state index contributed by atoms with van der Waals surface area (Å²) in [6, 6.07) is 1.54. The molecule has 20 heavy (non-hydrogen) atoms. The van der Waals surface area contributed by atoms with E-state index in [2.05, 4.69) is 4.98 Å². The second kappa shape index (κ2) is 5.99. The number of rotatable bonds is 3. The van der Waals surface area contributed by atoms with Gasteiger partial charge in [0.1, 0.15) is 5.75 Å². The van der Waals surface area contributed by atoms with Gasteiger partial charge in [-0.1, -0.05) is 12.8 Å². The van der Waals surface area contributed by atoms with Gasteiger partial charge in [0.15, 0.2) is 0 Å². The maximum absolute atomic E-state index is 13.1. The molecule has 3 atom stereocenters. The first-order valence-electron chi connectivity index (χ1n) is 6.67. The Labute approximate surface area is 115 Å². The summed E-state index contributed by atoms with van der Waals surface area (Å²) < 4.78 is 44.2. The van der Waals surface area contributed by atoms with Gasteiger partial charge in [0.25, 0.3) is 0 Å². The molecule has 0 aliphatic heterocycles. The van der Waals surface area contributed by atoms with E-state index in [-0.39, 0.29) is 6.42 Å². The minimum Gasteiger partial charge on any atom is -0.495 e. The molecule has 112 valence electrons. The van der Waals surface area contributed by atoms with E-state index in [0.717, 1.165) is 0 Å². The van der Waals surface area contributed by atoms with Gasteiger partial charge in [0, 0.05) is 17.7 Å². The lowest BCUT2D eigenvalue weighted by molar-refractivity contribution is -0.207. The Kier molecular flexibility index (Phi) is 4.52.